The Balaban J connectivity index is 2.32. The van der Waals surface area contributed by atoms with E-state index >= 15 is 0 Å². The third-order valence-corrected chi connectivity index (χ3v) is 3.70. The molecule has 0 bridgehead atoms. The van der Waals surface area contributed by atoms with Crippen molar-refractivity contribution in [3.8, 4) is 11.5 Å². The average Bonchev–Trinajstić information content (AvgIpc) is 2.61. The first-order valence-corrected chi connectivity index (χ1v) is 7.79. The predicted octanol–water partition coefficient (Wildman–Crippen LogP) is 3.15. The van der Waals surface area contributed by atoms with Crippen molar-refractivity contribution in [3.63, 3.8) is 0 Å². The molecule has 3 N–H and O–H groups in total. The van der Waals surface area contributed by atoms with Gasteiger partial charge in [-0.05, 0) is 24.6 Å². The number of nitrogens with one attached hydrogen (secondary N) is 1. The zero-order valence-corrected chi connectivity index (χ0v) is 13.4. The number of hydrogen-bond donors (Lipinski definition) is 3. The molecule has 0 aliphatic heterocycles. The Hall–Kier alpha value is -2.02. The zero-order chi connectivity index (χ0) is 17.5. The largest absolute Gasteiger partial charge is 0.451 e. The second-order valence-corrected chi connectivity index (χ2v) is 5.38. The lowest BCUT2D eigenvalue weighted by Gasteiger charge is -2.24. The van der Waals surface area contributed by atoms with Gasteiger partial charge in [0.2, 0.25) is 0 Å². The Labute approximate surface area is 139 Å². The lowest BCUT2D eigenvalue weighted by molar-refractivity contribution is 0.160. The molecule has 0 aromatic heterocycles. The van der Waals surface area contributed by atoms with Crippen molar-refractivity contribution in [2.75, 3.05) is 13.2 Å². The van der Waals surface area contributed by atoms with Gasteiger partial charge >= 0.3 is 0 Å². The molecule has 4 nitrogen and oxygen atoms in total. The van der Waals surface area contributed by atoms with E-state index in [0.717, 1.165) is 6.07 Å². The lowest BCUT2D eigenvalue weighted by Crippen LogP contribution is -2.38. The van der Waals surface area contributed by atoms with Crippen LogP contribution in [0.1, 0.15) is 24.9 Å². The Kier molecular flexibility index (Phi) is 6.66. The van der Waals surface area contributed by atoms with Crippen LogP contribution >= 0.6 is 0 Å². The first-order valence-electron chi connectivity index (χ1n) is 7.79. The van der Waals surface area contributed by atoms with E-state index in [-0.39, 0.29) is 18.8 Å². The van der Waals surface area contributed by atoms with Crippen molar-refractivity contribution >= 4 is 0 Å². The topological polar surface area (TPSA) is 61.7 Å². The van der Waals surface area contributed by atoms with E-state index < -0.39 is 29.5 Å². The van der Waals surface area contributed by atoms with Gasteiger partial charge in [-0.1, -0.05) is 31.2 Å². The number of para-hydroxylation sites is 1. The molecule has 0 amide bonds. The number of ether oxygens (including phenoxy) is 1. The van der Waals surface area contributed by atoms with Crippen molar-refractivity contribution in [3.05, 3.63) is 59.7 Å². The molecule has 1 unspecified atom stereocenters. The second kappa shape index (κ2) is 8.73. The van der Waals surface area contributed by atoms with E-state index in [4.69, 9.17) is 4.74 Å². The first-order chi connectivity index (χ1) is 11.6. The summed E-state index contributed by atoms with van der Waals surface area (Å²) in [5, 5.41) is 21.3. The normalized spacial score (nSPS) is 12.4. The van der Waals surface area contributed by atoms with E-state index in [1.54, 1.807) is 30.3 Å². The standard InChI is InChI=1S/C18H21F2NO3/c1-2-16(21-12(10-22)11-23)14-8-9-15(19)18(17(14)20)24-13-6-4-3-5-7-13/h3-9,12,16,21-23H,2,10-11H2,1H3. The van der Waals surface area contributed by atoms with Gasteiger partial charge in [0.1, 0.15) is 5.75 Å². The zero-order valence-electron chi connectivity index (χ0n) is 13.4. The molecule has 1 atom stereocenters. The molecule has 0 saturated heterocycles. The van der Waals surface area contributed by atoms with Crippen LogP contribution in [-0.2, 0) is 0 Å². The monoisotopic (exact) mass is 337 g/mol. The number of aliphatic hydroxyl groups is 2. The van der Waals surface area contributed by atoms with Gasteiger partial charge in [0.05, 0.1) is 19.3 Å². The summed E-state index contributed by atoms with van der Waals surface area (Å²) in [4.78, 5) is 0. The van der Waals surface area contributed by atoms with Gasteiger partial charge in [-0.25, -0.2) is 8.78 Å². The molecule has 0 fully saturated rings. The molecule has 0 spiro atoms. The van der Waals surface area contributed by atoms with Crippen LogP contribution in [0.5, 0.6) is 11.5 Å². The molecule has 130 valence electrons. The minimum Gasteiger partial charge on any atom is -0.451 e. The van der Waals surface area contributed by atoms with Crippen molar-refractivity contribution in [1.82, 2.24) is 5.32 Å². The molecule has 2 aromatic carbocycles. The van der Waals surface area contributed by atoms with Gasteiger partial charge < -0.3 is 20.3 Å². The third kappa shape index (κ3) is 4.29. The van der Waals surface area contributed by atoms with Crippen LogP contribution in [0, 0.1) is 11.6 Å². The summed E-state index contributed by atoms with van der Waals surface area (Å²) in [6.07, 6.45) is 0.490. The van der Waals surface area contributed by atoms with Crippen LogP contribution in [-0.4, -0.2) is 29.5 Å². The van der Waals surface area contributed by atoms with Gasteiger partial charge in [0.15, 0.2) is 17.4 Å². The molecule has 0 aliphatic carbocycles. The van der Waals surface area contributed by atoms with E-state index in [1.165, 1.54) is 6.07 Å². The van der Waals surface area contributed by atoms with Crippen LogP contribution in [0.15, 0.2) is 42.5 Å². The minimum atomic E-state index is -0.798. The summed E-state index contributed by atoms with van der Waals surface area (Å²) >= 11 is 0. The molecular formula is C18H21F2NO3. The van der Waals surface area contributed by atoms with Crippen LogP contribution in [0.4, 0.5) is 8.78 Å². The summed E-state index contributed by atoms with van der Waals surface area (Å²) in [5.74, 6) is -1.73. The number of aliphatic hydroxyl groups excluding tert-OH is 2. The smallest absolute Gasteiger partial charge is 0.198 e. The molecule has 0 radical (unpaired) electrons. The maximum absolute atomic E-state index is 14.8. The minimum absolute atomic E-state index is 0.219. The highest BCUT2D eigenvalue weighted by Gasteiger charge is 2.23. The molecule has 0 aliphatic rings. The van der Waals surface area contributed by atoms with E-state index in [1.807, 2.05) is 6.92 Å². The molecule has 6 heteroatoms. The Morgan fingerprint density at radius 1 is 1.04 bits per heavy atom. The van der Waals surface area contributed by atoms with Gasteiger partial charge in [-0.3, -0.25) is 0 Å². The fourth-order valence-electron chi connectivity index (χ4n) is 2.39. The summed E-state index contributed by atoms with van der Waals surface area (Å²) < 4.78 is 34.2. The predicted molar refractivity (Wildman–Crippen MR) is 87.0 cm³/mol. The van der Waals surface area contributed by atoms with E-state index in [0.29, 0.717) is 12.2 Å². The Morgan fingerprint density at radius 3 is 2.29 bits per heavy atom. The van der Waals surface area contributed by atoms with Crippen LogP contribution in [0.2, 0.25) is 0 Å². The maximum atomic E-state index is 14.8. The van der Waals surface area contributed by atoms with E-state index in [2.05, 4.69) is 5.32 Å². The maximum Gasteiger partial charge on any atom is 0.198 e. The summed E-state index contributed by atoms with van der Waals surface area (Å²) in [7, 11) is 0. The lowest BCUT2D eigenvalue weighted by atomic mass is 10.0. The number of benzene rings is 2. The van der Waals surface area contributed by atoms with Gasteiger partial charge in [-0.2, -0.15) is 0 Å². The van der Waals surface area contributed by atoms with Crippen molar-refractivity contribution < 1.29 is 23.7 Å². The number of rotatable bonds is 8. The highest BCUT2D eigenvalue weighted by atomic mass is 19.1. The van der Waals surface area contributed by atoms with Gasteiger partial charge in [-0.15, -0.1) is 0 Å². The first kappa shape index (κ1) is 18.3. The van der Waals surface area contributed by atoms with Crippen LogP contribution in [0.3, 0.4) is 0 Å². The molecule has 2 aromatic rings. The fraction of sp³-hybridized carbons (Fsp3) is 0.333. The highest BCUT2D eigenvalue weighted by molar-refractivity contribution is 5.38. The quantitative estimate of drug-likeness (QED) is 0.692. The Morgan fingerprint density at radius 2 is 1.71 bits per heavy atom. The molecular weight excluding hydrogens is 316 g/mol. The van der Waals surface area contributed by atoms with Crippen LogP contribution < -0.4 is 10.1 Å². The van der Waals surface area contributed by atoms with Gasteiger partial charge in [0.25, 0.3) is 0 Å². The molecule has 2 rings (SSSR count). The van der Waals surface area contributed by atoms with E-state index in [9.17, 15) is 19.0 Å². The molecule has 0 heterocycles. The van der Waals surface area contributed by atoms with Crippen LogP contribution in [0.25, 0.3) is 0 Å². The van der Waals surface area contributed by atoms with Gasteiger partial charge in [0, 0.05) is 11.6 Å². The van der Waals surface area contributed by atoms with Crippen molar-refractivity contribution in [1.29, 1.82) is 0 Å². The van der Waals surface area contributed by atoms with Crippen molar-refractivity contribution in [2.45, 2.75) is 25.4 Å². The summed E-state index contributed by atoms with van der Waals surface area (Å²) in [5.41, 5.74) is 0.219. The average molecular weight is 337 g/mol. The molecule has 0 saturated carbocycles. The third-order valence-electron chi connectivity index (χ3n) is 3.70. The fourth-order valence-corrected chi connectivity index (χ4v) is 2.39. The second-order valence-electron chi connectivity index (χ2n) is 5.38. The Bertz CT molecular complexity index is 648. The summed E-state index contributed by atoms with van der Waals surface area (Å²) in [6.45, 7) is 1.25. The highest BCUT2D eigenvalue weighted by Crippen LogP contribution is 2.33. The summed E-state index contributed by atoms with van der Waals surface area (Å²) in [6, 6.07) is 9.81. The SMILES string of the molecule is CCC(NC(CO)CO)c1ccc(F)c(Oc2ccccc2)c1F. The number of hydrogen-bond acceptors (Lipinski definition) is 4. The number of halogens is 2. The molecule has 24 heavy (non-hydrogen) atoms. The van der Waals surface area contributed by atoms with Crippen molar-refractivity contribution in [2.24, 2.45) is 0 Å².